The molecule has 196 valence electrons. The van der Waals surface area contributed by atoms with Crippen molar-refractivity contribution in [3.05, 3.63) is 62.5 Å². The van der Waals surface area contributed by atoms with Crippen LogP contribution in [-0.2, 0) is 25.5 Å². The van der Waals surface area contributed by atoms with Crippen LogP contribution in [0.1, 0.15) is 25.3 Å². The van der Waals surface area contributed by atoms with Crippen LogP contribution in [-0.4, -0.2) is 60.2 Å². The molecule has 0 unspecified atom stereocenters. The third-order valence-electron chi connectivity index (χ3n) is 6.18. The number of nitrogens with zero attached hydrogens (tertiary/aromatic N) is 2. The minimum atomic E-state index is -1.25. The average Bonchev–Trinajstić information content (AvgIpc) is 3.26. The molecule has 2 aliphatic heterocycles. The van der Waals surface area contributed by atoms with Crippen LogP contribution in [0.15, 0.2) is 46.9 Å². The standard InChI is InChI=1S/C25H24BrCl2N3O6/c1-15(32)36-8-2-7-29-23(34)37-21-13-25(12-16-3-5-17(26)6-4-16)22(33)31(24(35)30(25)14-21)20-10-18(27)9-19(28)11-20/h3-6,9-11,21H,2,7-8,12-14H2,1H3,(H,29,34)/t21-,25+/m1/s1. The van der Waals surface area contributed by atoms with E-state index in [1.54, 1.807) is 0 Å². The number of urea groups is 1. The van der Waals surface area contributed by atoms with Gasteiger partial charge in [0.25, 0.3) is 5.91 Å². The van der Waals surface area contributed by atoms with Crippen LogP contribution >= 0.6 is 39.1 Å². The lowest BCUT2D eigenvalue weighted by molar-refractivity contribution is -0.141. The highest BCUT2D eigenvalue weighted by Crippen LogP contribution is 2.44. The number of benzene rings is 2. The normalized spacial score (nSPS) is 20.7. The lowest BCUT2D eigenvalue weighted by atomic mass is 9.87. The fourth-order valence-corrected chi connectivity index (χ4v) is 5.42. The Hall–Kier alpha value is -2.82. The maximum absolute atomic E-state index is 13.9. The van der Waals surface area contributed by atoms with E-state index >= 15 is 0 Å². The molecule has 0 aliphatic carbocycles. The van der Waals surface area contributed by atoms with E-state index in [0.29, 0.717) is 16.5 Å². The first kappa shape index (κ1) is 27.2. The number of carbonyl (C=O) groups excluding carboxylic acids is 4. The Morgan fingerprint density at radius 2 is 1.81 bits per heavy atom. The molecule has 0 aromatic heterocycles. The van der Waals surface area contributed by atoms with Crippen molar-refractivity contribution in [1.29, 1.82) is 0 Å². The van der Waals surface area contributed by atoms with Gasteiger partial charge in [-0.3, -0.25) is 9.59 Å². The van der Waals surface area contributed by atoms with Gasteiger partial charge < -0.3 is 19.7 Å². The van der Waals surface area contributed by atoms with E-state index < -0.39 is 35.6 Å². The van der Waals surface area contributed by atoms with Gasteiger partial charge in [-0.2, -0.15) is 0 Å². The van der Waals surface area contributed by atoms with E-state index in [9.17, 15) is 19.2 Å². The molecule has 0 spiro atoms. The van der Waals surface area contributed by atoms with Gasteiger partial charge in [0, 0.05) is 40.8 Å². The number of amides is 4. The highest BCUT2D eigenvalue weighted by atomic mass is 79.9. The van der Waals surface area contributed by atoms with Crippen molar-refractivity contribution in [3.63, 3.8) is 0 Å². The molecule has 0 radical (unpaired) electrons. The second kappa shape index (κ2) is 11.3. The van der Waals surface area contributed by atoms with Gasteiger partial charge in [-0.15, -0.1) is 0 Å². The molecule has 4 amide bonds. The third kappa shape index (κ3) is 6.02. The van der Waals surface area contributed by atoms with Crippen molar-refractivity contribution in [2.75, 3.05) is 24.6 Å². The first-order valence-corrected chi connectivity index (χ1v) is 13.1. The van der Waals surface area contributed by atoms with Crippen molar-refractivity contribution >= 4 is 68.8 Å². The summed E-state index contributed by atoms with van der Waals surface area (Å²) >= 11 is 15.7. The predicted molar refractivity (Wildman–Crippen MR) is 141 cm³/mol. The molecule has 2 aliphatic rings. The third-order valence-corrected chi connectivity index (χ3v) is 7.14. The van der Waals surface area contributed by atoms with E-state index in [2.05, 4.69) is 21.2 Å². The summed E-state index contributed by atoms with van der Waals surface area (Å²) in [5, 5.41) is 3.19. The van der Waals surface area contributed by atoms with Crippen molar-refractivity contribution in [2.24, 2.45) is 0 Å². The monoisotopic (exact) mass is 611 g/mol. The van der Waals surface area contributed by atoms with Crippen molar-refractivity contribution < 1.29 is 28.7 Å². The molecule has 4 rings (SSSR count). The van der Waals surface area contributed by atoms with Crippen LogP contribution in [0.25, 0.3) is 0 Å². The summed E-state index contributed by atoms with van der Waals surface area (Å²) in [4.78, 5) is 53.2. The fourth-order valence-electron chi connectivity index (χ4n) is 4.64. The molecule has 1 N–H and O–H groups in total. The molecule has 0 saturated carbocycles. The van der Waals surface area contributed by atoms with E-state index in [1.165, 1.54) is 30.0 Å². The predicted octanol–water partition coefficient (Wildman–Crippen LogP) is 4.96. The molecular weight excluding hydrogens is 589 g/mol. The molecule has 2 fully saturated rings. The Morgan fingerprint density at radius 1 is 1.14 bits per heavy atom. The Labute approximate surface area is 232 Å². The van der Waals surface area contributed by atoms with Crippen molar-refractivity contribution in [1.82, 2.24) is 10.2 Å². The topological polar surface area (TPSA) is 105 Å². The SMILES string of the molecule is CC(=O)OCCCNC(=O)O[C@H]1CN2C(=O)N(c3cc(Cl)cc(Cl)c3)C(=O)[C@]2(Cc2ccc(Br)cc2)C1. The Balaban J connectivity index is 1.53. The number of fused-ring (bicyclic) bond motifs is 1. The van der Waals surface area contributed by atoms with Crippen molar-refractivity contribution in [3.8, 4) is 0 Å². The summed E-state index contributed by atoms with van der Waals surface area (Å²) < 4.78 is 11.3. The summed E-state index contributed by atoms with van der Waals surface area (Å²) in [5.41, 5.74) is -0.129. The Kier molecular flexibility index (Phi) is 8.30. The van der Waals surface area contributed by atoms with Gasteiger partial charge in [-0.25, -0.2) is 14.5 Å². The molecular formula is C25H24BrCl2N3O6. The fraction of sp³-hybridized carbons (Fsp3) is 0.360. The number of hydrogen-bond acceptors (Lipinski definition) is 6. The summed E-state index contributed by atoms with van der Waals surface area (Å²) in [6.07, 6.45) is -0.584. The lowest BCUT2D eigenvalue weighted by Crippen LogP contribution is -2.47. The first-order chi connectivity index (χ1) is 17.6. The van der Waals surface area contributed by atoms with E-state index in [4.69, 9.17) is 32.7 Å². The summed E-state index contributed by atoms with van der Waals surface area (Å²) in [6.45, 7) is 1.78. The van der Waals surface area contributed by atoms with Gasteiger partial charge in [-0.05, 0) is 42.3 Å². The van der Waals surface area contributed by atoms with Crippen LogP contribution in [0.3, 0.4) is 0 Å². The maximum atomic E-state index is 13.9. The zero-order chi connectivity index (χ0) is 26.7. The summed E-state index contributed by atoms with van der Waals surface area (Å²) in [7, 11) is 0. The average molecular weight is 613 g/mol. The number of hydrogen-bond donors (Lipinski definition) is 1. The largest absolute Gasteiger partial charge is 0.466 e. The number of nitrogens with one attached hydrogen (secondary N) is 1. The van der Waals surface area contributed by atoms with E-state index in [0.717, 1.165) is 14.9 Å². The highest BCUT2D eigenvalue weighted by molar-refractivity contribution is 9.10. The summed E-state index contributed by atoms with van der Waals surface area (Å²) in [6, 6.07) is 11.5. The zero-order valence-corrected chi connectivity index (χ0v) is 22.9. The molecule has 9 nitrogen and oxygen atoms in total. The van der Waals surface area contributed by atoms with E-state index in [-0.39, 0.29) is 38.2 Å². The zero-order valence-electron chi connectivity index (χ0n) is 19.8. The number of ether oxygens (including phenoxy) is 2. The molecule has 12 heteroatoms. The molecule has 2 heterocycles. The molecule has 2 aromatic carbocycles. The van der Waals surface area contributed by atoms with Gasteiger partial charge in [0.1, 0.15) is 11.6 Å². The van der Waals surface area contributed by atoms with E-state index in [1.807, 2.05) is 24.3 Å². The smallest absolute Gasteiger partial charge is 0.407 e. The lowest BCUT2D eigenvalue weighted by Gasteiger charge is -2.28. The number of halogens is 3. The second-order valence-corrected chi connectivity index (χ2v) is 10.6. The molecule has 37 heavy (non-hydrogen) atoms. The number of carbonyl (C=O) groups is 4. The molecule has 2 saturated heterocycles. The maximum Gasteiger partial charge on any atom is 0.407 e. The first-order valence-electron chi connectivity index (χ1n) is 11.5. The minimum absolute atomic E-state index is 0.0484. The Morgan fingerprint density at radius 3 is 2.46 bits per heavy atom. The number of esters is 1. The van der Waals surface area contributed by atoms with Crippen molar-refractivity contribution in [2.45, 2.75) is 37.8 Å². The van der Waals surface area contributed by atoms with Crippen LogP contribution in [0.4, 0.5) is 15.3 Å². The highest BCUT2D eigenvalue weighted by Gasteiger charge is 2.63. The number of imide groups is 1. The van der Waals surface area contributed by atoms with Crippen LogP contribution in [0, 0.1) is 0 Å². The summed E-state index contributed by atoms with van der Waals surface area (Å²) in [5.74, 6) is -0.833. The van der Waals surface area contributed by atoms with Crippen LogP contribution in [0.5, 0.6) is 0 Å². The van der Waals surface area contributed by atoms with Gasteiger partial charge in [0.05, 0.1) is 18.8 Å². The van der Waals surface area contributed by atoms with Crippen LogP contribution < -0.4 is 10.2 Å². The quantitative estimate of drug-likeness (QED) is 0.257. The molecule has 2 aromatic rings. The van der Waals surface area contributed by atoms with Gasteiger partial charge in [0.15, 0.2) is 0 Å². The Bertz CT molecular complexity index is 1210. The molecule has 0 bridgehead atoms. The van der Waals surface area contributed by atoms with Crippen LogP contribution in [0.2, 0.25) is 10.0 Å². The second-order valence-electron chi connectivity index (χ2n) is 8.85. The molecule has 2 atom stereocenters. The number of anilines is 1. The van der Waals surface area contributed by atoms with Gasteiger partial charge in [0.2, 0.25) is 0 Å². The number of rotatable bonds is 8. The minimum Gasteiger partial charge on any atom is -0.466 e. The van der Waals surface area contributed by atoms with Gasteiger partial charge >= 0.3 is 18.1 Å². The van der Waals surface area contributed by atoms with Gasteiger partial charge in [-0.1, -0.05) is 51.3 Å². The number of alkyl carbamates (subject to hydrolysis) is 1.